The summed E-state index contributed by atoms with van der Waals surface area (Å²) < 4.78 is 0.707. The normalized spacial score (nSPS) is 12.1. The van der Waals surface area contributed by atoms with Crippen LogP contribution in [0.3, 0.4) is 0 Å². The van der Waals surface area contributed by atoms with E-state index in [1.807, 2.05) is 36.4 Å². The molecule has 3 nitrogen and oxygen atoms in total. The summed E-state index contributed by atoms with van der Waals surface area (Å²) >= 11 is 9.59. The summed E-state index contributed by atoms with van der Waals surface area (Å²) in [4.78, 5) is 10.7. The Bertz CT molecular complexity index is 604. The molecule has 0 aliphatic carbocycles. The van der Waals surface area contributed by atoms with Crippen molar-refractivity contribution in [1.82, 2.24) is 0 Å². The summed E-state index contributed by atoms with van der Waals surface area (Å²) in [6, 6.07) is 14.9. The van der Waals surface area contributed by atoms with E-state index >= 15 is 0 Å². The molecule has 0 saturated heterocycles. The van der Waals surface area contributed by atoms with Crippen LogP contribution in [0.25, 0.3) is 0 Å². The van der Waals surface area contributed by atoms with E-state index in [-0.39, 0.29) is 16.0 Å². The van der Waals surface area contributed by atoms with Gasteiger partial charge in [0.05, 0.1) is 10.3 Å². The average Bonchev–Trinajstić information content (AvgIpc) is 2.46. The van der Waals surface area contributed by atoms with Crippen LogP contribution in [0.5, 0.6) is 0 Å². The van der Waals surface area contributed by atoms with Gasteiger partial charge in [-0.05, 0) is 24.5 Å². The quantitative estimate of drug-likeness (QED) is 0.417. The first-order valence-corrected chi connectivity index (χ1v) is 7.42. The topological polar surface area (TPSA) is 43.1 Å². The third-order valence-electron chi connectivity index (χ3n) is 3.07. The molecule has 2 aromatic rings. The maximum absolute atomic E-state index is 11.0. The van der Waals surface area contributed by atoms with Gasteiger partial charge in [-0.2, -0.15) is 0 Å². The number of alkyl halides is 1. The van der Waals surface area contributed by atoms with Crippen LogP contribution in [0.4, 0.5) is 5.69 Å². The van der Waals surface area contributed by atoms with Gasteiger partial charge in [-0.1, -0.05) is 52.3 Å². The molecule has 0 bridgehead atoms. The van der Waals surface area contributed by atoms with Gasteiger partial charge in [-0.3, -0.25) is 10.1 Å². The van der Waals surface area contributed by atoms with Crippen molar-refractivity contribution in [2.24, 2.45) is 0 Å². The maximum Gasteiger partial charge on any atom is 0.273 e. The van der Waals surface area contributed by atoms with Crippen LogP contribution < -0.4 is 0 Å². The molecule has 0 N–H and O–H groups in total. The Morgan fingerprint density at radius 2 is 1.90 bits per heavy atom. The Labute approximate surface area is 130 Å². The minimum Gasteiger partial charge on any atom is -0.258 e. The molecule has 0 amide bonds. The second kappa shape index (κ2) is 6.86. The van der Waals surface area contributed by atoms with Crippen LogP contribution >= 0.6 is 27.5 Å². The molecule has 0 aliphatic rings. The summed E-state index contributed by atoms with van der Waals surface area (Å²) in [6.07, 6.45) is 1.24. The largest absolute Gasteiger partial charge is 0.273 e. The molecule has 0 aromatic heterocycles. The van der Waals surface area contributed by atoms with Crippen LogP contribution in [0.2, 0.25) is 0 Å². The van der Waals surface area contributed by atoms with E-state index in [4.69, 9.17) is 11.6 Å². The fourth-order valence-corrected chi connectivity index (χ4v) is 2.63. The number of halogens is 2. The standard InChI is InChI=1S/C15H13BrClNO2/c16-13-8-6-12(15(10-13)18(19)20)7-9-14(17)11-4-2-1-3-5-11/h1-6,8,10,14H,7,9H2. The minimum atomic E-state index is -0.355. The number of aryl methyl sites for hydroxylation is 1. The van der Waals surface area contributed by atoms with Gasteiger partial charge in [0, 0.05) is 16.1 Å². The lowest BCUT2D eigenvalue weighted by molar-refractivity contribution is -0.385. The smallest absolute Gasteiger partial charge is 0.258 e. The number of benzene rings is 2. The predicted molar refractivity (Wildman–Crippen MR) is 84.2 cm³/mol. The Kier molecular flexibility index (Phi) is 5.15. The Morgan fingerprint density at radius 3 is 2.55 bits per heavy atom. The Morgan fingerprint density at radius 1 is 1.20 bits per heavy atom. The van der Waals surface area contributed by atoms with Crippen molar-refractivity contribution in [3.8, 4) is 0 Å². The van der Waals surface area contributed by atoms with Crippen LogP contribution in [0, 0.1) is 10.1 Å². The summed E-state index contributed by atoms with van der Waals surface area (Å²) in [5.41, 5.74) is 1.88. The van der Waals surface area contributed by atoms with Crippen LogP contribution in [0.1, 0.15) is 22.9 Å². The first kappa shape index (κ1) is 15.0. The van der Waals surface area contributed by atoms with Crippen molar-refractivity contribution in [3.63, 3.8) is 0 Å². The van der Waals surface area contributed by atoms with Gasteiger partial charge >= 0.3 is 0 Å². The van der Waals surface area contributed by atoms with Crippen molar-refractivity contribution in [1.29, 1.82) is 0 Å². The highest BCUT2D eigenvalue weighted by molar-refractivity contribution is 9.10. The zero-order valence-electron chi connectivity index (χ0n) is 10.6. The van der Waals surface area contributed by atoms with E-state index in [1.165, 1.54) is 6.07 Å². The predicted octanol–water partition coefficient (Wildman–Crippen LogP) is 5.27. The zero-order chi connectivity index (χ0) is 14.5. The lowest BCUT2D eigenvalue weighted by Crippen LogP contribution is -1.98. The molecule has 0 radical (unpaired) electrons. The number of nitro benzene ring substituents is 1. The molecule has 0 heterocycles. The van der Waals surface area contributed by atoms with Crippen molar-refractivity contribution in [2.75, 3.05) is 0 Å². The fourth-order valence-electron chi connectivity index (χ4n) is 2.03. The van der Waals surface area contributed by atoms with E-state index in [2.05, 4.69) is 15.9 Å². The molecule has 20 heavy (non-hydrogen) atoms. The third-order valence-corrected chi connectivity index (χ3v) is 4.04. The molecule has 1 atom stereocenters. The molecule has 2 aromatic carbocycles. The number of hydrogen-bond acceptors (Lipinski definition) is 2. The van der Waals surface area contributed by atoms with E-state index < -0.39 is 0 Å². The van der Waals surface area contributed by atoms with Crippen LogP contribution in [-0.4, -0.2) is 4.92 Å². The summed E-state index contributed by atoms with van der Waals surface area (Å²) in [6.45, 7) is 0. The third kappa shape index (κ3) is 3.81. The van der Waals surface area contributed by atoms with Gasteiger partial charge in [0.2, 0.25) is 0 Å². The number of hydrogen-bond donors (Lipinski definition) is 0. The Balaban J connectivity index is 2.09. The number of rotatable bonds is 5. The summed E-state index contributed by atoms with van der Waals surface area (Å²) in [5, 5.41) is 10.9. The fraction of sp³-hybridized carbons (Fsp3) is 0.200. The van der Waals surface area contributed by atoms with E-state index in [9.17, 15) is 10.1 Å². The monoisotopic (exact) mass is 353 g/mol. The molecule has 2 rings (SSSR count). The van der Waals surface area contributed by atoms with Crippen LogP contribution in [0.15, 0.2) is 53.0 Å². The highest BCUT2D eigenvalue weighted by Crippen LogP contribution is 2.29. The first-order chi connectivity index (χ1) is 9.58. The van der Waals surface area contributed by atoms with Gasteiger partial charge in [-0.25, -0.2) is 0 Å². The molecule has 0 fully saturated rings. The van der Waals surface area contributed by atoms with Gasteiger partial charge in [0.1, 0.15) is 0 Å². The van der Waals surface area contributed by atoms with Gasteiger partial charge in [0.15, 0.2) is 0 Å². The highest BCUT2D eigenvalue weighted by Gasteiger charge is 2.16. The van der Waals surface area contributed by atoms with Crippen molar-refractivity contribution in [3.05, 3.63) is 74.2 Å². The second-order valence-electron chi connectivity index (χ2n) is 4.45. The van der Waals surface area contributed by atoms with Crippen molar-refractivity contribution in [2.45, 2.75) is 18.2 Å². The summed E-state index contributed by atoms with van der Waals surface area (Å²) in [7, 11) is 0. The maximum atomic E-state index is 11.0. The van der Waals surface area contributed by atoms with Crippen molar-refractivity contribution >= 4 is 33.2 Å². The van der Waals surface area contributed by atoms with Gasteiger partial charge in [0.25, 0.3) is 5.69 Å². The van der Waals surface area contributed by atoms with E-state index in [0.29, 0.717) is 22.9 Å². The molecule has 5 heteroatoms. The first-order valence-electron chi connectivity index (χ1n) is 6.20. The van der Waals surface area contributed by atoms with Gasteiger partial charge in [-0.15, -0.1) is 11.6 Å². The van der Waals surface area contributed by atoms with E-state index in [1.54, 1.807) is 6.07 Å². The number of nitro groups is 1. The van der Waals surface area contributed by atoms with Crippen LogP contribution in [-0.2, 0) is 6.42 Å². The molecular formula is C15H13BrClNO2. The SMILES string of the molecule is O=[N+]([O-])c1cc(Br)ccc1CCC(Cl)c1ccccc1. The highest BCUT2D eigenvalue weighted by atomic mass is 79.9. The van der Waals surface area contributed by atoms with Crippen molar-refractivity contribution < 1.29 is 4.92 Å². The molecule has 0 saturated carbocycles. The molecule has 104 valence electrons. The van der Waals surface area contributed by atoms with Gasteiger partial charge < -0.3 is 0 Å². The number of nitrogens with zero attached hydrogens (tertiary/aromatic N) is 1. The molecule has 0 spiro atoms. The lowest BCUT2D eigenvalue weighted by Gasteiger charge is -2.10. The second-order valence-corrected chi connectivity index (χ2v) is 5.89. The molecule has 1 unspecified atom stereocenters. The summed E-state index contributed by atoms with van der Waals surface area (Å²) in [5.74, 6) is 0. The molecular weight excluding hydrogens is 342 g/mol. The Hall–Kier alpha value is -1.39. The zero-order valence-corrected chi connectivity index (χ0v) is 13.0. The average molecular weight is 355 g/mol. The molecule has 0 aliphatic heterocycles. The van der Waals surface area contributed by atoms with E-state index in [0.717, 1.165) is 5.56 Å². The lowest BCUT2D eigenvalue weighted by atomic mass is 10.0. The minimum absolute atomic E-state index is 0.135.